The molecule has 6 rings (SSSR count). The van der Waals surface area contributed by atoms with Crippen molar-refractivity contribution in [1.29, 1.82) is 0 Å². The Morgan fingerprint density at radius 3 is 2.73 bits per heavy atom. The van der Waals surface area contributed by atoms with E-state index in [0.717, 1.165) is 57.8 Å². The lowest BCUT2D eigenvalue weighted by atomic mass is 9.45. The summed E-state index contributed by atoms with van der Waals surface area (Å²) in [5, 5.41) is 1.79. The Hall–Kier alpha value is -1.15. The van der Waals surface area contributed by atoms with Crippen LogP contribution in [0.3, 0.4) is 0 Å². The molecule has 0 amide bonds. The number of nitrogens with zero attached hydrogens (tertiary/aromatic N) is 2. The van der Waals surface area contributed by atoms with Gasteiger partial charge in [0.15, 0.2) is 0 Å². The van der Waals surface area contributed by atoms with Gasteiger partial charge in [-0.1, -0.05) is 38.3 Å². The monoisotopic (exact) mass is 464 g/mol. The van der Waals surface area contributed by atoms with Gasteiger partial charge in [-0.25, -0.2) is 9.97 Å². The molecular weight excluding hydrogens is 424 g/mol. The van der Waals surface area contributed by atoms with Crippen molar-refractivity contribution < 1.29 is 0 Å². The molecule has 0 saturated heterocycles. The predicted octanol–water partition coefficient (Wildman–Crippen LogP) is 8.65. The molecule has 1 aromatic heterocycles. The summed E-state index contributed by atoms with van der Waals surface area (Å²) < 4.78 is 0. The van der Waals surface area contributed by atoms with Gasteiger partial charge in [0.1, 0.15) is 5.82 Å². The first-order chi connectivity index (χ1) is 16.0. The highest BCUT2D eigenvalue weighted by Crippen LogP contribution is 2.67. The summed E-state index contributed by atoms with van der Waals surface area (Å²) in [5.74, 6) is 5.96. The zero-order chi connectivity index (χ0) is 22.6. The fourth-order valence-corrected chi connectivity index (χ4v) is 9.73. The fourth-order valence-electron chi connectivity index (χ4n) is 9.55. The molecule has 2 aromatic rings. The third kappa shape index (κ3) is 3.74. The summed E-state index contributed by atoms with van der Waals surface area (Å²) in [5.41, 5.74) is 2.26. The zero-order valence-corrected chi connectivity index (χ0v) is 21.4. The number of fused-ring (bicyclic) bond motifs is 6. The second-order valence-corrected chi connectivity index (χ2v) is 13.0. The molecule has 0 N–H and O–H groups in total. The number of hydrogen-bond acceptors (Lipinski definition) is 2. The molecule has 0 radical (unpaired) electrons. The molecule has 2 nitrogen and oxygen atoms in total. The molecule has 4 fully saturated rings. The number of aryl methyl sites for hydroxylation is 1. The lowest BCUT2D eigenvalue weighted by molar-refractivity contribution is -0.111. The van der Waals surface area contributed by atoms with Gasteiger partial charge in [0.05, 0.1) is 5.52 Å². The first-order valence-electron chi connectivity index (χ1n) is 13.9. The molecule has 7 atom stereocenters. The van der Waals surface area contributed by atoms with E-state index in [-0.39, 0.29) is 0 Å². The summed E-state index contributed by atoms with van der Waals surface area (Å²) in [4.78, 5) is 9.45. The van der Waals surface area contributed by atoms with Crippen molar-refractivity contribution in [2.24, 2.45) is 40.4 Å². The molecule has 4 saturated carbocycles. The Balaban J connectivity index is 1.11. The Morgan fingerprint density at radius 2 is 1.82 bits per heavy atom. The Morgan fingerprint density at radius 1 is 0.939 bits per heavy atom. The highest BCUT2D eigenvalue weighted by atomic mass is 35.5. The van der Waals surface area contributed by atoms with Crippen LogP contribution < -0.4 is 0 Å². The minimum Gasteiger partial charge on any atom is -0.241 e. The van der Waals surface area contributed by atoms with Crippen LogP contribution in [0.5, 0.6) is 0 Å². The van der Waals surface area contributed by atoms with E-state index in [1.165, 1.54) is 77.0 Å². The Labute approximate surface area is 205 Å². The molecule has 3 heteroatoms. The van der Waals surface area contributed by atoms with Crippen LogP contribution in [0.15, 0.2) is 24.4 Å². The Kier molecular flexibility index (Phi) is 5.75. The van der Waals surface area contributed by atoms with Crippen LogP contribution in [0.4, 0.5) is 0 Å². The van der Waals surface area contributed by atoms with Crippen LogP contribution in [0.25, 0.3) is 10.9 Å². The molecule has 1 aromatic carbocycles. The number of rotatable bonds is 4. The van der Waals surface area contributed by atoms with Gasteiger partial charge in [0.25, 0.3) is 0 Å². The molecule has 4 aliphatic carbocycles. The molecule has 0 bridgehead atoms. The maximum Gasteiger partial charge on any atom is 0.128 e. The standard InChI is InChI=1S/C30H41ClN2/c1-29-16-4-3-6-21(29)9-12-24-25-13-10-22(30(25,2)17-15-26(24)29)7-5-8-28-32-19-20-18-23(31)11-14-27(20)33-28/h11,14,18-19,21-22,24-26H,3-10,12-13,15-17H2,1-2H3. The zero-order valence-electron chi connectivity index (χ0n) is 20.7. The first-order valence-corrected chi connectivity index (χ1v) is 14.3. The third-order valence-corrected chi connectivity index (χ3v) is 11.6. The summed E-state index contributed by atoms with van der Waals surface area (Å²) in [7, 11) is 0. The number of benzene rings is 1. The van der Waals surface area contributed by atoms with Gasteiger partial charge in [-0.2, -0.15) is 0 Å². The van der Waals surface area contributed by atoms with E-state index in [0.29, 0.717) is 10.8 Å². The Bertz CT molecular complexity index is 1020. The molecule has 0 spiro atoms. The van der Waals surface area contributed by atoms with Crippen LogP contribution in [-0.2, 0) is 6.42 Å². The quantitative estimate of drug-likeness (QED) is 0.452. The molecule has 1 heterocycles. The highest BCUT2D eigenvalue weighted by molar-refractivity contribution is 6.31. The summed E-state index contributed by atoms with van der Waals surface area (Å²) in [6.45, 7) is 5.40. The van der Waals surface area contributed by atoms with E-state index < -0.39 is 0 Å². The van der Waals surface area contributed by atoms with Gasteiger partial charge in [-0.05, 0) is 123 Å². The van der Waals surface area contributed by atoms with Crippen LogP contribution in [0, 0.1) is 40.4 Å². The maximum absolute atomic E-state index is 6.11. The number of halogens is 1. The summed E-state index contributed by atoms with van der Waals surface area (Å²) in [6, 6.07) is 5.90. The molecule has 33 heavy (non-hydrogen) atoms. The van der Waals surface area contributed by atoms with E-state index >= 15 is 0 Å². The third-order valence-electron chi connectivity index (χ3n) is 11.3. The molecular formula is C30H41ClN2. The van der Waals surface area contributed by atoms with E-state index in [1.807, 2.05) is 24.4 Å². The van der Waals surface area contributed by atoms with Crippen LogP contribution in [0.2, 0.25) is 5.02 Å². The largest absolute Gasteiger partial charge is 0.241 e. The van der Waals surface area contributed by atoms with Crippen LogP contribution in [-0.4, -0.2) is 9.97 Å². The van der Waals surface area contributed by atoms with E-state index in [9.17, 15) is 0 Å². The molecule has 4 aliphatic rings. The second-order valence-electron chi connectivity index (χ2n) is 12.6. The van der Waals surface area contributed by atoms with Gasteiger partial charge in [0, 0.05) is 23.0 Å². The van der Waals surface area contributed by atoms with Crippen LogP contribution >= 0.6 is 11.6 Å². The first kappa shape index (κ1) is 22.3. The van der Waals surface area contributed by atoms with Crippen molar-refractivity contribution in [3.05, 3.63) is 35.2 Å². The van der Waals surface area contributed by atoms with Crippen LogP contribution in [0.1, 0.15) is 96.7 Å². The lowest BCUT2D eigenvalue weighted by Crippen LogP contribution is -2.52. The van der Waals surface area contributed by atoms with Gasteiger partial charge in [-0.3, -0.25) is 0 Å². The van der Waals surface area contributed by atoms with Crippen molar-refractivity contribution in [1.82, 2.24) is 9.97 Å². The summed E-state index contributed by atoms with van der Waals surface area (Å²) in [6.07, 6.45) is 20.6. The highest BCUT2D eigenvalue weighted by Gasteiger charge is 2.59. The van der Waals surface area contributed by atoms with E-state index in [4.69, 9.17) is 16.6 Å². The average molecular weight is 465 g/mol. The fraction of sp³-hybridized carbons (Fsp3) is 0.733. The topological polar surface area (TPSA) is 25.8 Å². The molecule has 178 valence electrons. The summed E-state index contributed by atoms with van der Waals surface area (Å²) >= 11 is 6.11. The normalized spacial score (nSPS) is 40.3. The number of hydrogen-bond donors (Lipinski definition) is 0. The minimum atomic E-state index is 0.583. The van der Waals surface area contributed by atoms with E-state index in [2.05, 4.69) is 18.8 Å². The van der Waals surface area contributed by atoms with Crippen molar-refractivity contribution in [2.75, 3.05) is 0 Å². The van der Waals surface area contributed by atoms with Crippen molar-refractivity contribution >= 4 is 22.5 Å². The predicted molar refractivity (Wildman–Crippen MR) is 137 cm³/mol. The maximum atomic E-state index is 6.11. The van der Waals surface area contributed by atoms with Crippen molar-refractivity contribution in [3.8, 4) is 0 Å². The van der Waals surface area contributed by atoms with Crippen molar-refractivity contribution in [2.45, 2.75) is 97.3 Å². The van der Waals surface area contributed by atoms with Gasteiger partial charge in [-0.15, -0.1) is 0 Å². The lowest BCUT2D eigenvalue weighted by Gasteiger charge is -2.60. The molecule has 7 unspecified atom stereocenters. The average Bonchev–Trinajstić information content (AvgIpc) is 3.15. The SMILES string of the molecule is CC12CCCCC1CCC1C2CCC2(C)C(CCCc3ncc4cc(Cl)ccc4n3)CCC12. The minimum absolute atomic E-state index is 0.583. The van der Waals surface area contributed by atoms with Crippen molar-refractivity contribution in [3.63, 3.8) is 0 Å². The number of aromatic nitrogens is 2. The van der Waals surface area contributed by atoms with E-state index in [1.54, 1.807) is 0 Å². The smallest absolute Gasteiger partial charge is 0.128 e. The van der Waals surface area contributed by atoms with Gasteiger partial charge >= 0.3 is 0 Å². The van der Waals surface area contributed by atoms with Gasteiger partial charge in [0.2, 0.25) is 0 Å². The second kappa shape index (κ2) is 8.51. The van der Waals surface area contributed by atoms with Gasteiger partial charge < -0.3 is 0 Å². The molecule has 0 aliphatic heterocycles.